The van der Waals surface area contributed by atoms with Gasteiger partial charge in [0, 0.05) is 6.42 Å². The Morgan fingerprint density at radius 3 is 1.78 bits per heavy atom. The fraction of sp³-hybridized carbons (Fsp3) is 0.778. The minimum absolute atomic E-state index is 0.0294. The lowest BCUT2D eigenvalue weighted by Gasteiger charge is -2.29. The Labute approximate surface area is 103 Å². The fourth-order valence-corrected chi connectivity index (χ4v) is 1.62. The van der Waals surface area contributed by atoms with Crippen molar-refractivity contribution in [3.8, 4) is 0 Å². The van der Waals surface area contributed by atoms with E-state index < -0.39 is 24.6 Å². The molecule has 0 aromatic heterocycles. The lowest BCUT2D eigenvalue weighted by Crippen LogP contribution is -2.56. The van der Waals surface area contributed by atoms with Gasteiger partial charge in [0.25, 0.3) is 0 Å². The third-order valence-corrected chi connectivity index (χ3v) is 2.85. The predicted octanol–water partition coefficient (Wildman–Crippen LogP) is 4.47. The van der Waals surface area contributed by atoms with E-state index in [-0.39, 0.29) is 17.2 Å². The van der Waals surface area contributed by atoms with Crippen molar-refractivity contribution in [1.82, 2.24) is 0 Å². The van der Waals surface area contributed by atoms with E-state index in [0.717, 1.165) is 0 Å². The second-order valence-corrected chi connectivity index (χ2v) is 4.22. The summed E-state index contributed by atoms with van der Waals surface area (Å²) in [5.41, 5.74) is -5.40. The van der Waals surface area contributed by atoms with E-state index in [1.807, 2.05) is 0 Å². The van der Waals surface area contributed by atoms with E-state index in [0.29, 0.717) is 12.8 Å². The first-order chi connectivity index (χ1) is 7.99. The van der Waals surface area contributed by atoms with Crippen molar-refractivity contribution in [2.45, 2.75) is 37.3 Å². The quantitative estimate of drug-likeness (QED) is 0.699. The molecule has 0 N–H and O–H groups in total. The van der Waals surface area contributed by atoms with E-state index >= 15 is 0 Å². The van der Waals surface area contributed by atoms with Crippen LogP contribution in [-0.4, -0.2) is 24.6 Å². The van der Waals surface area contributed by atoms with Crippen LogP contribution in [0.1, 0.15) is 19.3 Å². The lowest BCUT2D eigenvalue weighted by molar-refractivity contribution is -0.349. The topological polar surface area (TPSA) is 9.23 Å². The van der Waals surface area contributed by atoms with Crippen LogP contribution in [0.3, 0.4) is 0 Å². The summed E-state index contributed by atoms with van der Waals surface area (Å²) in [6.45, 7) is -2.18. The van der Waals surface area contributed by atoms with Gasteiger partial charge in [-0.05, 0) is 12.8 Å². The molecule has 18 heavy (non-hydrogen) atoms. The van der Waals surface area contributed by atoms with Crippen molar-refractivity contribution >= 4 is 11.6 Å². The molecule has 106 valence electrons. The number of allylic oxidation sites excluding steroid dienone is 2. The fourth-order valence-electron chi connectivity index (χ4n) is 1.34. The van der Waals surface area contributed by atoms with Crippen LogP contribution >= 0.6 is 11.6 Å². The average Bonchev–Trinajstić information content (AvgIpc) is 2.57. The molecule has 1 aliphatic rings. The maximum atomic E-state index is 13.1. The largest absolute Gasteiger partial charge is 0.493 e. The zero-order chi connectivity index (χ0) is 14.2. The zero-order valence-electron chi connectivity index (χ0n) is 8.76. The molecule has 1 rings (SSSR count). The normalized spacial score (nSPS) is 18.4. The summed E-state index contributed by atoms with van der Waals surface area (Å²) in [5, 5.41) is 0.0294. The molecule has 0 aliphatic heterocycles. The second kappa shape index (κ2) is 4.79. The van der Waals surface area contributed by atoms with Gasteiger partial charge in [0.15, 0.2) is 0 Å². The lowest BCUT2D eigenvalue weighted by atomic mass is 10.1. The minimum atomic E-state index is -6.10. The van der Waals surface area contributed by atoms with Gasteiger partial charge in [-0.1, -0.05) is 11.6 Å². The number of hydrogen-bond donors (Lipinski definition) is 0. The smallest absolute Gasteiger partial charge is 0.435 e. The number of ether oxygens (including phenoxy) is 1. The monoisotopic (exact) mass is 300 g/mol. The van der Waals surface area contributed by atoms with Crippen molar-refractivity contribution in [2.75, 3.05) is 6.61 Å². The summed E-state index contributed by atoms with van der Waals surface area (Å²) >= 11 is 5.51. The van der Waals surface area contributed by atoms with Gasteiger partial charge in [-0.15, -0.1) is 0 Å². The van der Waals surface area contributed by atoms with Crippen LogP contribution in [0.15, 0.2) is 10.8 Å². The maximum absolute atomic E-state index is 13.1. The van der Waals surface area contributed by atoms with Crippen LogP contribution in [0.2, 0.25) is 0 Å². The van der Waals surface area contributed by atoms with Gasteiger partial charge >= 0.3 is 18.0 Å². The highest BCUT2D eigenvalue weighted by Gasteiger charge is 2.73. The first kappa shape index (κ1) is 15.4. The molecule has 0 bridgehead atoms. The van der Waals surface area contributed by atoms with Crippen molar-refractivity contribution in [3.05, 3.63) is 10.8 Å². The Bertz CT molecular complexity index is 330. The van der Waals surface area contributed by atoms with E-state index in [4.69, 9.17) is 11.6 Å². The molecule has 0 spiro atoms. The Kier molecular flexibility index (Phi) is 4.10. The van der Waals surface area contributed by atoms with Crippen molar-refractivity contribution in [3.63, 3.8) is 0 Å². The minimum Gasteiger partial charge on any atom is -0.493 e. The van der Waals surface area contributed by atoms with Gasteiger partial charge in [-0.25, -0.2) is 4.39 Å². The molecule has 0 aromatic rings. The van der Waals surface area contributed by atoms with Crippen molar-refractivity contribution in [1.29, 1.82) is 0 Å². The first-order valence-corrected chi connectivity index (χ1v) is 5.19. The van der Waals surface area contributed by atoms with E-state index in [2.05, 4.69) is 4.74 Å². The molecular weight excluding hydrogens is 293 g/mol. The molecule has 1 nitrogen and oxygen atoms in total. The van der Waals surface area contributed by atoms with Gasteiger partial charge < -0.3 is 4.74 Å². The molecule has 0 aromatic carbocycles. The number of alkyl halides is 7. The summed E-state index contributed by atoms with van der Waals surface area (Å²) in [5.74, 6) is -0.216. The highest BCUT2D eigenvalue weighted by Crippen LogP contribution is 2.47. The van der Waals surface area contributed by atoms with Crippen LogP contribution in [-0.2, 0) is 4.74 Å². The molecule has 0 atom stereocenters. The van der Waals surface area contributed by atoms with Crippen LogP contribution in [0.25, 0.3) is 0 Å². The number of hydrogen-bond acceptors (Lipinski definition) is 1. The number of halogens is 8. The molecule has 0 saturated heterocycles. The van der Waals surface area contributed by atoms with E-state index in [1.54, 1.807) is 0 Å². The van der Waals surface area contributed by atoms with Gasteiger partial charge in [-0.3, -0.25) is 0 Å². The summed E-state index contributed by atoms with van der Waals surface area (Å²) in [6, 6.07) is 0. The van der Waals surface area contributed by atoms with Crippen LogP contribution in [0.4, 0.5) is 30.7 Å². The number of rotatable bonds is 3. The van der Waals surface area contributed by atoms with Gasteiger partial charge in [0.2, 0.25) is 0 Å². The molecule has 9 heteroatoms. The molecule has 0 unspecified atom stereocenters. The van der Waals surface area contributed by atoms with Gasteiger partial charge in [-0.2, -0.15) is 26.3 Å². The summed E-state index contributed by atoms with van der Waals surface area (Å²) in [6.07, 6.45) is -11.3. The van der Waals surface area contributed by atoms with Gasteiger partial charge in [0.1, 0.15) is 12.4 Å². The SMILES string of the molecule is FC(F)(F)C(F)(COC1=C(Cl)CCC1)C(F)(F)F. The standard InChI is InChI=1S/C9H8ClF7O/c10-5-2-1-3-6(5)18-4-7(11,8(12,13)14)9(15,16)17/h1-4H2. The third-order valence-electron chi connectivity index (χ3n) is 2.45. The average molecular weight is 301 g/mol. The predicted molar refractivity (Wildman–Crippen MR) is 48.6 cm³/mol. The molecule has 0 saturated carbocycles. The Morgan fingerprint density at radius 1 is 0.944 bits per heavy atom. The van der Waals surface area contributed by atoms with E-state index in [1.165, 1.54) is 0 Å². The van der Waals surface area contributed by atoms with Crippen LogP contribution in [0.5, 0.6) is 0 Å². The van der Waals surface area contributed by atoms with Crippen molar-refractivity contribution < 1.29 is 35.5 Å². The molecular formula is C9H8ClF7O. The Balaban J connectivity index is 2.85. The molecule has 0 fully saturated rings. The Morgan fingerprint density at radius 2 is 1.44 bits per heavy atom. The van der Waals surface area contributed by atoms with Crippen molar-refractivity contribution in [2.24, 2.45) is 0 Å². The highest BCUT2D eigenvalue weighted by molar-refractivity contribution is 6.30. The third kappa shape index (κ3) is 2.84. The molecule has 0 heterocycles. The van der Waals surface area contributed by atoms with Crippen LogP contribution < -0.4 is 0 Å². The summed E-state index contributed by atoms with van der Waals surface area (Å²) in [7, 11) is 0. The highest BCUT2D eigenvalue weighted by atomic mass is 35.5. The molecule has 1 aliphatic carbocycles. The maximum Gasteiger partial charge on any atom is 0.435 e. The molecule has 0 radical (unpaired) electrons. The van der Waals surface area contributed by atoms with Crippen LogP contribution in [0, 0.1) is 0 Å². The summed E-state index contributed by atoms with van der Waals surface area (Å²) < 4.78 is 90.3. The zero-order valence-corrected chi connectivity index (χ0v) is 9.52. The van der Waals surface area contributed by atoms with Gasteiger partial charge in [0.05, 0.1) is 5.03 Å². The first-order valence-electron chi connectivity index (χ1n) is 4.82. The second-order valence-electron chi connectivity index (χ2n) is 3.77. The molecule has 0 amide bonds. The Hall–Kier alpha value is -0.660. The summed E-state index contributed by atoms with van der Waals surface area (Å²) in [4.78, 5) is 0. The van der Waals surface area contributed by atoms with E-state index in [9.17, 15) is 30.7 Å².